The number of carbonyl (C=O) groups excluding carboxylic acids is 4. The first-order valence-electron chi connectivity index (χ1n) is 37.8. The maximum absolute atomic E-state index is 13.3. The van der Waals surface area contributed by atoms with Crippen LogP contribution in [0.4, 0.5) is 0 Å². The molecular formula is C65H108N4O51S. The van der Waals surface area contributed by atoms with E-state index in [2.05, 4.69) is 25.5 Å². The molecule has 4 amide bonds. The second-order valence-electron chi connectivity index (χ2n) is 30.1. The number of hydrogen-bond acceptors (Lipinski definition) is 49. The van der Waals surface area contributed by atoms with Crippen LogP contribution in [0, 0.1) is 0 Å². The zero-order chi connectivity index (χ0) is 89.8. The summed E-state index contributed by atoms with van der Waals surface area (Å²) < 4.78 is 139. The molecule has 700 valence electrons. The lowest BCUT2D eigenvalue weighted by Crippen LogP contribution is -2.71. The number of amides is 4. The number of carboxylic acid groups (broad SMARTS) is 1. The summed E-state index contributed by atoms with van der Waals surface area (Å²) in [6, 6.07) is -7.83. The normalized spacial score (nSPS) is 46.8. The van der Waals surface area contributed by atoms with Crippen molar-refractivity contribution < 1.29 is 249 Å². The highest BCUT2D eigenvalue weighted by Gasteiger charge is 2.63. The van der Waals surface area contributed by atoms with E-state index in [1.807, 2.05) is 0 Å². The minimum Gasteiger partial charge on any atom is -0.477 e. The van der Waals surface area contributed by atoms with Gasteiger partial charge in [-0.15, -0.1) is 0 Å². The van der Waals surface area contributed by atoms with Crippen molar-refractivity contribution in [2.45, 2.75) is 323 Å². The van der Waals surface area contributed by atoms with Crippen LogP contribution in [0.3, 0.4) is 0 Å². The molecule has 9 aliphatic heterocycles. The van der Waals surface area contributed by atoms with Gasteiger partial charge in [0, 0.05) is 34.1 Å². The van der Waals surface area contributed by atoms with E-state index in [-0.39, 0.29) is 0 Å². The summed E-state index contributed by atoms with van der Waals surface area (Å²) in [6.07, 6.45) is -91.4. The third kappa shape index (κ3) is 23.0. The molecule has 9 saturated heterocycles. The topological polar surface area (TPSA) is 860 Å². The molecule has 0 unspecified atom stereocenters. The highest BCUT2D eigenvalue weighted by atomic mass is 32.3. The molecule has 0 aliphatic carbocycles. The fraction of sp³-hybridized carbons (Fsp3) is 0.923. The largest absolute Gasteiger partial charge is 0.477 e. The molecule has 9 aliphatic rings. The smallest absolute Gasteiger partial charge is 0.397 e. The Hall–Kier alpha value is -4.42. The molecule has 55 nitrogen and oxygen atoms in total. The molecular weight excluding hydrogens is 1680 g/mol. The van der Waals surface area contributed by atoms with Gasteiger partial charge in [0.05, 0.1) is 71.1 Å². The van der Waals surface area contributed by atoms with Crippen LogP contribution in [0.25, 0.3) is 0 Å². The third-order valence-electron chi connectivity index (χ3n) is 21.5. The van der Waals surface area contributed by atoms with Crippen molar-refractivity contribution in [2.24, 2.45) is 0 Å². The Morgan fingerprint density at radius 2 is 0.785 bits per heavy atom. The summed E-state index contributed by atoms with van der Waals surface area (Å²) in [5.74, 6) is -9.49. The predicted octanol–water partition coefficient (Wildman–Crippen LogP) is -20.0. The SMILES string of the molecule is CC(=O)N[C@@H]1[C@@H](O)[C@H](O[C@@H]2O[C@H](CO)[C@@H](O[C@@H]3O[C@H](CO[C@H]4O[C@H](CO)[C@@H](O)[C@H](O)[C@@H]4O)[C@@H](O)[C@H](O[C@H]4O[C@H](CO)[C@@H](O)[C@H](O)[C@@H]4O[C@@H]4O[C@H](COS(=O)(=O)O)[C@@H](O[C@@H]5O[C@H](CO)[C@H](O)[C@H](O[C@]6(C(=O)O)C[C@H](O)[C@@H](NC(C)=O)[C@H]([C@H](O)[C@H](O)CO)O6)[C@H]5O)[C@H](O)[C@H]4NC(C)=O)[C@@H]3O)[C@H](O)[C@H]2NC(C)=O)[C@@H](CO[C@@H]2O[C@@H](C)[C@@H](O)[C@@H](O)[C@@H]2O)O[C@H]1O. The highest BCUT2D eigenvalue weighted by Crippen LogP contribution is 2.42. The van der Waals surface area contributed by atoms with Crippen molar-refractivity contribution >= 4 is 40.0 Å². The highest BCUT2D eigenvalue weighted by molar-refractivity contribution is 7.80. The van der Waals surface area contributed by atoms with Crippen molar-refractivity contribution in [1.82, 2.24) is 21.3 Å². The van der Waals surface area contributed by atoms with Gasteiger partial charge in [0.15, 0.2) is 50.3 Å². The van der Waals surface area contributed by atoms with Gasteiger partial charge in [-0.2, -0.15) is 8.42 Å². The Labute approximate surface area is 684 Å². The fourth-order valence-corrected chi connectivity index (χ4v) is 15.5. The van der Waals surface area contributed by atoms with Gasteiger partial charge in [-0.05, 0) is 6.92 Å². The number of aliphatic hydroxyl groups excluding tert-OH is 24. The minimum absolute atomic E-state index is 0.802. The van der Waals surface area contributed by atoms with E-state index in [1.165, 1.54) is 6.92 Å². The van der Waals surface area contributed by atoms with Gasteiger partial charge < -0.3 is 229 Å². The van der Waals surface area contributed by atoms with Crippen LogP contribution in [0.1, 0.15) is 41.0 Å². The Morgan fingerprint density at radius 1 is 0.397 bits per heavy atom. The molecule has 9 rings (SSSR count). The van der Waals surface area contributed by atoms with Crippen molar-refractivity contribution in [3.63, 3.8) is 0 Å². The van der Waals surface area contributed by atoms with Crippen LogP contribution in [-0.4, -0.2) is 505 Å². The van der Waals surface area contributed by atoms with Gasteiger partial charge in [-0.3, -0.25) is 23.7 Å². The minimum atomic E-state index is -5.65. The number of hydrogen-bond donors (Lipinski definition) is 30. The maximum Gasteiger partial charge on any atom is 0.397 e. The Kier molecular flexibility index (Phi) is 35.4. The zero-order valence-corrected chi connectivity index (χ0v) is 65.4. The average molecular weight is 1790 g/mol. The van der Waals surface area contributed by atoms with Crippen LogP contribution in [0.2, 0.25) is 0 Å². The zero-order valence-electron chi connectivity index (χ0n) is 64.6. The van der Waals surface area contributed by atoms with Gasteiger partial charge in [-0.25, -0.2) is 8.98 Å². The van der Waals surface area contributed by atoms with Crippen LogP contribution in [-0.2, 0) is 119 Å². The number of carbonyl (C=O) groups is 5. The van der Waals surface area contributed by atoms with E-state index < -0.39 is 381 Å². The number of aliphatic carboxylic acids is 1. The number of aliphatic hydroxyl groups is 24. The number of ether oxygens (including phenoxy) is 17. The van der Waals surface area contributed by atoms with Crippen molar-refractivity contribution in [2.75, 3.05) is 52.9 Å². The number of carboxylic acids is 1. The van der Waals surface area contributed by atoms with Crippen LogP contribution >= 0.6 is 0 Å². The molecule has 0 saturated carbocycles. The third-order valence-corrected chi connectivity index (χ3v) is 21.9. The quantitative estimate of drug-likeness (QED) is 0.0271. The number of nitrogens with one attached hydrogen (secondary N) is 4. The maximum atomic E-state index is 13.3. The molecule has 0 bridgehead atoms. The van der Waals surface area contributed by atoms with Crippen LogP contribution in [0.5, 0.6) is 0 Å². The molecule has 0 aromatic heterocycles. The van der Waals surface area contributed by atoms with E-state index >= 15 is 0 Å². The van der Waals surface area contributed by atoms with E-state index in [0.29, 0.717) is 0 Å². The molecule has 30 N–H and O–H groups in total. The van der Waals surface area contributed by atoms with Gasteiger partial charge in [0.25, 0.3) is 5.79 Å². The van der Waals surface area contributed by atoms with Gasteiger partial charge >= 0.3 is 16.4 Å². The lowest BCUT2D eigenvalue weighted by molar-refractivity contribution is -0.400. The summed E-state index contributed by atoms with van der Waals surface area (Å²) in [6.45, 7) is -4.71. The molecule has 9 fully saturated rings. The summed E-state index contributed by atoms with van der Waals surface area (Å²) in [5.41, 5.74) is 0. The molecule has 0 aromatic rings. The molecule has 56 heteroatoms. The molecule has 9 heterocycles. The van der Waals surface area contributed by atoms with Crippen molar-refractivity contribution in [1.29, 1.82) is 0 Å². The average Bonchev–Trinajstić information content (AvgIpc) is 0.750. The van der Waals surface area contributed by atoms with Crippen LogP contribution < -0.4 is 21.3 Å². The van der Waals surface area contributed by atoms with Gasteiger partial charge in [-0.1, -0.05) is 0 Å². The lowest BCUT2D eigenvalue weighted by atomic mass is 9.88. The van der Waals surface area contributed by atoms with E-state index in [0.717, 1.165) is 27.7 Å². The fourth-order valence-electron chi connectivity index (χ4n) is 15.2. The van der Waals surface area contributed by atoms with E-state index in [4.69, 9.17) is 80.5 Å². The first-order valence-corrected chi connectivity index (χ1v) is 39.1. The van der Waals surface area contributed by atoms with Crippen molar-refractivity contribution in [3.05, 3.63) is 0 Å². The predicted molar refractivity (Wildman–Crippen MR) is 370 cm³/mol. The van der Waals surface area contributed by atoms with Gasteiger partial charge in [0.2, 0.25) is 23.6 Å². The standard InChI is InChI=1S/C65H108N4O51S/c1-15-33(81)42(90)45(93)59(106-15)104-13-27-50(39(87)30(56(97)107-27)67-17(3)76)114-57-31(68-18(4)77)40(88)49(25(11-74)111-57)115-61-47(95)53(38(86)26(112-61)12-103-60-46(94)43(91)35(83)22(8-71)108-60)117-63-55(44(92)36(84)23(9-72)110-63)118-58-32(69-19(5)78)41(89)51(28(113-58)14-105-121(100,101)102)116-62-48(96)54(37(85)24(10-73)109-62)120-65(64(98)99)6-20(79)29(66-16(2)75)52(119-65)34(82)21(80)7-70/h15,20-63,70-74,79-97H,6-14H2,1-5H3,(H,66,75)(H,67,76)(H,68,77)(H,69,78)(H,98,99)(H,100,101,102)/t15-,20-,21+,22+,23+,24+,25+,26+,27+,28+,29+,30+,31+,32+,33+,34+,35+,36+,37-,38+,39+,40+,41+,42+,43-,44-,45-,46-,47-,48+,49+,50+,51+,52+,53-,54-,55-,56+,57-,58-,59+,60-,61-,62-,63+,65-/m0/s1. The molecule has 46 atom stereocenters. The first-order chi connectivity index (χ1) is 56.7. The van der Waals surface area contributed by atoms with Crippen LogP contribution in [0.15, 0.2) is 0 Å². The second kappa shape index (κ2) is 42.7. The summed E-state index contributed by atoms with van der Waals surface area (Å²) in [5, 5.41) is 288. The molecule has 121 heavy (non-hydrogen) atoms. The first kappa shape index (κ1) is 100. The summed E-state index contributed by atoms with van der Waals surface area (Å²) >= 11 is 0. The Bertz CT molecular complexity index is 3470. The molecule has 0 radical (unpaired) electrons. The van der Waals surface area contributed by atoms with Gasteiger partial charge in [0.1, 0.15) is 207 Å². The van der Waals surface area contributed by atoms with E-state index in [1.54, 1.807) is 0 Å². The monoisotopic (exact) mass is 1790 g/mol. The molecule has 0 spiro atoms. The Balaban J connectivity index is 1.03. The summed E-state index contributed by atoms with van der Waals surface area (Å²) in [7, 11) is -5.65. The second-order valence-corrected chi connectivity index (χ2v) is 31.2. The number of rotatable bonds is 33. The Morgan fingerprint density at radius 3 is 1.30 bits per heavy atom. The van der Waals surface area contributed by atoms with E-state index in [9.17, 15) is 165 Å². The van der Waals surface area contributed by atoms with Crippen molar-refractivity contribution in [3.8, 4) is 0 Å². The lowest BCUT2D eigenvalue weighted by Gasteiger charge is -2.51. The molecule has 0 aromatic carbocycles. The summed E-state index contributed by atoms with van der Waals surface area (Å²) in [4.78, 5) is 64.3.